The summed E-state index contributed by atoms with van der Waals surface area (Å²) in [7, 11) is -3.50. The van der Waals surface area contributed by atoms with E-state index in [-0.39, 0.29) is 17.1 Å². The van der Waals surface area contributed by atoms with E-state index >= 15 is 0 Å². The van der Waals surface area contributed by atoms with Gasteiger partial charge in [0.15, 0.2) is 0 Å². The maximum Gasteiger partial charge on any atom is 0.256 e. The highest BCUT2D eigenvalue weighted by molar-refractivity contribution is 7.92. The summed E-state index contributed by atoms with van der Waals surface area (Å²) in [5, 5.41) is 0. The Kier molecular flexibility index (Phi) is 5.87. The second-order valence-electron chi connectivity index (χ2n) is 7.18. The lowest BCUT2D eigenvalue weighted by Gasteiger charge is -2.27. The first-order valence-corrected chi connectivity index (χ1v) is 9.80. The largest absolute Gasteiger partial charge is 0.378 e. The number of rotatable bonds is 5. The van der Waals surface area contributed by atoms with Crippen LogP contribution in [-0.4, -0.2) is 51.3 Å². The maximum atomic E-state index is 12.7. The zero-order valence-electron chi connectivity index (χ0n) is 14.5. The maximum absolute atomic E-state index is 12.7. The van der Waals surface area contributed by atoms with Crippen LogP contribution in [0.2, 0.25) is 0 Å². The van der Waals surface area contributed by atoms with Gasteiger partial charge in [0.2, 0.25) is 10.0 Å². The number of amides is 1. The number of nitrogens with one attached hydrogen (secondary N) is 1. The Balaban J connectivity index is 2.15. The molecule has 0 bridgehead atoms. The van der Waals surface area contributed by atoms with Crippen LogP contribution >= 0.6 is 0 Å². The number of carbonyl (C=O) groups is 1. The van der Waals surface area contributed by atoms with Crippen LogP contribution in [0.25, 0.3) is 0 Å². The van der Waals surface area contributed by atoms with Crippen molar-refractivity contribution in [3.05, 3.63) is 29.8 Å². The highest BCUT2D eigenvalue weighted by Gasteiger charge is 2.23. The Labute approximate surface area is 144 Å². The number of ether oxygens (including phenoxy) is 1. The molecule has 1 aliphatic heterocycles. The summed E-state index contributed by atoms with van der Waals surface area (Å²) in [4.78, 5) is 14.3. The van der Waals surface area contributed by atoms with Crippen molar-refractivity contribution in [2.45, 2.75) is 27.2 Å². The summed E-state index contributed by atoms with van der Waals surface area (Å²) in [5.74, 6) is -0.149. The Hall–Kier alpha value is -1.60. The van der Waals surface area contributed by atoms with E-state index in [0.717, 1.165) is 0 Å². The molecule has 0 spiro atoms. The SMILES string of the molecule is CC(C)(C)CCS(=O)(=O)Nc1ccccc1C(=O)N1CCOCC1. The zero-order chi connectivity index (χ0) is 17.8. The molecule has 134 valence electrons. The number of hydrogen-bond acceptors (Lipinski definition) is 4. The standard InChI is InChI=1S/C17H26N2O4S/c1-17(2,3)8-13-24(21,22)18-15-7-5-4-6-14(15)16(20)19-9-11-23-12-10-19/h4-7,18H,8-13H2,1-3H3. The lowest BCUT2D eigenvalue weighted by atomic mass is 9.94. The van der Waals surface area contributed by atoms with Crippen molar-refractivity contribution in [2.24, 2.45) is 5.41 Å². The molecule has 1 saturated heterocycles. The van der Waals surface area contributed by atoms with Crippen molar-refractivity contribution in [2.75, 3.05) is 36.8 Å². The topological polar surface area (TPSA) is 75.7 Å². The van der Waals surface area contributed by atoms with E-state index in [1.807, 2.05) is 20.8 Å². The predicted molar refractivity (Wildman–Crippen MR) is 94.6 cm³/mol. The van der Waals surface area contributed by atoms with Gasteiger partial charge in [-0.15, -0.1) is 0 Å². The van der Waals surface area contributed by atoms with Gasteiger partial charge in [-0.2, -0.15) is 0 Å². The highest BCUT2D eigenvalue weighted by atomic mass is 32.2. The number of para-hydroxylation sites is 1. The average molecular weight is 354 g/mol. The lowest BCUT2D eigenvalue weighted by Crippen LogP contribution is -2.41. The van der Waals surface area contributed by atoms with Crippen molar-refractivity contribution < 1.29 is 17.9 Å². The molecule has 0 aliphatic carbocycles. The lowest BCUT2D eigenvalue weighted by molar-refractivity contribution is 0.0303. The van der Waals surface area contributed by atoms with E-state index in [9.17, 15) is 13.2 Å². The van der Waals surface area contributed by atoms with Crippen LogP contribution in [0.5, 0.6) is 0 Å². The molecule has 1 heterocycles. The quantitative estimate of drug-likeness (QED) is 0.880. The molecule has 7 heteroatoms. The fourth-order valence-corrected chi connectivity index (χ4v) is 3.85. The molecule has 1 aliphatic rings. The summed E-state index contributed by atoms with van der Waals surface area (Å²) >= 11 is 0. The number of sulfonamides is 1. The Morgan fingerprint density at radius 3 is 2.46 bits per heavy atom. The molecule has 0 unspecified atom stereocenters. The number of morpholine rings is 1. The van der Waals surface area contributed by atoms with Gasteiger partial charge in [0.05, 0.1) is 30.2 Å². The van der Waals surface area contributed by atoms with Gasteiger partial charge in [0, 0.05) is 13.1 Å². The zero-order valence-corrected chi connectivity index (χ0v) is 15.4. The van der Waals surface area contributed by atoms with Crippen LogP contribution in [0.15, 0.2) is 24.3 Å². The van der Waals surface area contributed by atoms with Gasteiger partial charge >= 0.3 is 0 Å². The van der Waals surface area contributed by atoms with E-state index in [2.05, 4.69) is 4.72 Å². The Morgan fingerprint density at radius 1 is 1.21 bits per heavy atom. The van der Waals surface area contributed by atoms with Crippen LogP contribution in [0.4, 0.5) is 5.69 Å². The molecule has 1 aromatic carbocycles. The van der Waals surface area contributed by atoms with Gasteiger partial charge in [-0.05, 0) is 24.0 Å². The number of benzene rings is 1. The van der Waals surface area contributed by atoms with Crippen molar-refractivity contribution in [3.8, 4) is 0 Å². The third kappa shape index (κ3) is 5.49. The molecule has 24 heavy (non-hydrogen) atoms. The normalized spacial score (nSPS) is 16.0. The third-order valence-electron chi connectivity index (χ3n) is 3.84. The highest BCUT2D eigenvalue weighted by Crippen LogP contribution is 2.22. The van der Waals surface area contributed by atoms with E-state index in [1.54, 1.807) is 29.2 Å². The molecule has 0 aromatic heterocycles. The predicted octanol–water partition coefficient (Wildman–Crippen LogP) is 2.34. The first-order chi connectivity index (χ1) is 11.2. The summed E-state index contributed by atoms with van der Waals surface area (Å²) < 4.78 is 32.5. The number of hydrogen-bond donors (Lipinski definition) is 1. The van der Waals surface area contributed by atoms with Gasteiger partial charge in [-0.3, -0.25) is 9.52 Å². The van der Waals surface area contributed by atoms with Crippen LogP contribution in [-0.2, 0) is 14.8 Å². The Morgan fingerprint density at radius 2 is 1.83 bits per heavy atom. The van der Waals surface area contributed by atoms with E-state index in [0.29, 0.717) is 44.0 Å². The molecular formula is C17H26N2O4S. The first-order valence-electron chi connectivity index (χ1n) is 8.14. The second kappa shape index (κ2) is 7.53. The van der Waals surface area contributed by atoms with Gasteiger partial charge in [0.1, 0.15) is 0 Å². The van der Waals surface area contributed by atoms with Crippen LogP contribution in [0.3, 0.4) is 0 Å². The summed E-state index contributed by atoms with van der Waals surface area (Å²) in [5.41, 5.74) is 0.638. The van der Waals surface area contributed by atoms with E-state index < -0.39 is 10.0 Å². The molecular weight excluding hydrogens is 328 g/mol. The van der Waals surface area contributed by atoms with Gasteiger partial charge < -0.3 is 9.64 Å². The fraction of sp³-hybridized carbons (Fsp3) is 0.588. The molecule has 1 aromatic rings. The average Bonchev–Trinajstić information content (AvgIpc) is 2.53. The Bertz CT molecular complexity index is 674. The number of anilines is 1. The molecule has 1 N–H and O–H groups in total. The minimum absolute atomic E-state index is 0.0244. The smallest absolute Gasteiger partial charge is 0.256 e. The van der Waals surface area contributed by atoms with Gasteiger partial charge in [-0.1, -0.05) is 32.9 Å². The van der Waals surface area contributed by atoms with Crippen molar-refractivity contribution >= 4 is 21.6 Å². The molecule has 1 fully saturated rings. The van der Waals surface area contributed by atoms with Gasteiger partial charge in [-0.25, -0.2) is 8.42 Å². The minimum Gasteiger partial charge on any atom is -0.378 e. The number of nitrogens with zero attached hydrogens (tertiary/aromatic N) is 1. The second-order valence-corrected chi connectivity index (χ2v) is 9.02. The van der Waals surface area contributed by atoms with Crippen LogP contribution in [0.1, 0.15) is 37.6 Å². The monoisotopic (exact) mass is 354 g/mol. The molecule has 6 nitrogen and oxygen atoms in total. The fourth-order valence-electron chi connectivity index (χ4n) is 2.35. The van der Waals surface area contributed by atoms with Gasteiger partial charge in [0.25, 0.3) is 5.91 Å². The minimum atomic E-state index is -3.50. The first kappa shape index (κ1) is 18.7. The summed E-state index contributed by atoms with van der Waals surface area (Å²) in [6.45, 7) is 8.04. The molecule has 0 radical (unpaired) electrons. The summed E-state index contributed by atoms with van der Waals surface area (Å²) in [6, 6.07) is 6.74. The van der Waals surface area contributed by atoms with Crippen LogP contribution in [0, 0.1) is 5.41 Å². The van der Waals surface area contributed by atoms with Crippen molar-refractivity contribution in [1.29, 1.82) is 0 Å². The molecule has 0 saturated carbocycles. The summed E-state index contributed by atoms with van der Waals surface area (Å²) in [6.07, 6.45) is 0.544. The van der Waals surface area contributed by atoms with Crippen molar-refractivity contribution in [3.63, 3.8) is 0 Å². The number of carbonyl (C=O) groups excluding carboxylic acids is 1. The molecule has 1 amide bonds. The van der Waals surface area contributed by atoms with E-state index in [4.69, 9.17) is 4.74 Å². The third-order valence-corrected chi connectivity index (χ3v) is 5.11. The van der Waals surface area contributed by atoms with Crippen molar-refractivity contribution in [1.82, 2.24) is 4.90 Å². The van der Waals surface area contributed by atoms with E-state index in [1.165, 1.54) is 0 Å². The molecule has 2 rings (SSSR count). The van der Waals surface area contributed by atoms with Crippen LogP contribution < -0.4 is 4.72 Å². The molecule has 0 atom stereocenters.